The number of para-hydroxylation sites is 2. The van der Waals surface area contributed by atoms with E-state index in [2.05, 4.69) is 34.1 Å². The molecule has 0 radical (unpaired) electrons. The lowest BCUT2D eigenvalue weighted by atomic mass is 10.2. The van der Waals surface area contributed by atoms with Crippen molar-refractivity contribution in [2.75, 3.05) is 4.90 Å². The molecule has 0 amide bonds. The van der Waals surface area contributed by atoms with Gasteiger partial charge in [0.05, 0.1) is 11.4 Å². The molecule has 0 aliphatic carbocycles. The first-order chi connectivity index (χ1) is 15.8. The maximum absolute atomic E-state index is 6.27. The molecular weight excluding hydrogens is 418 g/mol. The lowest BCUT2D eigenvalue weighted by Crippen LogP contribution is -2.14. The molecular formula is C26H15N3O2S. The zero-order valence-electron chi connectivity index (χ0n) is 16.7. The van der Waals surface area contributed by atoms with Crippen molar-refractivity contribution in [3.05, 3.63) is 91.0 Å². The number of fused-ring (bicyclic) bond motifs is 4. The van der Waals surface area contributed by atoms with E-state index in [1.54, 1.807) is 11.8 Å². The van der Waals surface area contributed by atoms with Gasteiger partial charge in [0.25, 0.3) is 0 Å². The van der Waals surface area contributed by atoms with Gasteiger partial charge >= 0.3 is 6.01 Å². The Bertz CT molecular complexity index is 1520. The summed E-state index contributed by atoms with van der Waals surface area (Å²) in [5, 5.41) is 0. The Balaban J connectivity index is 1.38. The highest BCUT2D eigenvalue weighted by molar-refractivity contribution is 7.99. The minimum Gasteiger partial charge on any atom is -0.436 e. The van der Waals surface area contributed by atoms with Crippen molar-refractivity contribution in [1.29, 1.82) is 0 Å². The molecule has 1 aliphatic heterocycles. The van der Waals surface area contributed by atoms with Gasteiger partial charge in [0, 0.05) is 27.5 Å². The van der Waals surface area contributed by atoms with Gasteiger partial charge in [-0.25, -0.2) is 4.98 Å². The molecule has 1 aliphatic rings. The lowest BCUT2D eigenvalue weighted by Gasteiger charge is -2.29. The van der Waals surface area contributed by atoms with Gasteiger partial charge in [-0.15, -0.1) is 0 Å². The number of aromatic nitrogens is 2. The number of anilines is 3. The molecule has 0 N–H and O–H groups in total. The number of rotatable bonds is 2. The highest BCUT2D eigenvalue weighted by Crippen LogP contribution is 2.51. The van der Waals surface area contributed by atoms with Crippen molar-refractivity contribution >= 4 is 51.4 Å². The average molecular weight is 433 g/mol. The predicted octanol–water partition coefficient (Wildman–Crippen LogP) is 7.57. The molecule has 5 nitrogen and oxygen atoms in total. The van der Waals surface area contributed by atoms with E-state index >= 15 is 0 Å². The molecule has 32 heavy (non-hydrogen) atoms. The summed E-state index contributed by atoms with van der Waals surface area (Å²) in [6.45, 7) is 0. The Hall–Kier alpha value is -4.03. The molecule has 0 unspecified atom stereocenters. The number of benzene rings is 4. The minimum absolute atomic E-state index is 0.524. The van der Waals surface area contributed by atoms with Crippen LogP contribution in [0.5, 0.6) is 0 Å². The Morgan fingerprint density at radius 2 is 1.22 bits per heavy atom. The minimum atomic E-state index is 0.524. The fraction of sp³-hybridized carbons (Fsp3) is 0. The van der Waals surface area contributed by atoms with Crippen LogP contribution < -0.4 is 4.90 Å². The van der Waals surface area contributed by atoms with Gasteiger partial charge in [-0.05, 0) is 36.4 Å². The third-order valence-corrected chi connectivity index (χ3v) is 6.66. The Morgan fingerprint density at radius 3 is 1.94 bits per heavy atom. The van der Waals surface area contributed by atoms with Crippen LogP contribution in [0.25, 0.3) is 33.7 Å². The number of hydrogen-bond acceptors (Lipinski definition) is 6. The largest absolute Gasteiger partial charge is 0.436 e. The molecule has 152 valence electrons. The van der Waals surface area contributed by atoms with Gasteiger partial charge in [0.1, 0.15) is 11.0 Å². The summed E-state index contributed by atoms with van der Waals surface area (Å²) >= 11 is 1.75. The van der Waals surface area contributed by atoms with Crippen LogP contribution in [0.1, 0.15) is 0 Å². The SMILES string of the molecule is c1ccc(-c2nc3cc4oc(N5c6ccccc6Sc6ccccc65)nc4cc3o2)cc1. The first-order valence-corrected chi connectivity index (χ1v) is 11.1. The van der Waals surface area contributed by atoms with Crippen molar-refractivity contribution in [1.82, 2.24) is 9.97 Å². The van der Waals surface area contributed by atoms with Crippen molar-refractivity contribution in [3.8, 4) is 11.5 Å². The van der Waals surface area contributed by atoms with Crippen LogP contribution in [0.2, 0.25) is 0 Å². The van der Waals surface area contributed by atoms with E-state index < -0.39 is 0 Å². The van der Waals surface area contributed by atoms with Crippen molar-refractivity contribution in [2.24, 2.45) is 0 Å². The molecule has 3 heterocycles. The molecule has 0 fully saturated rings. The predicted molar refractivity (Wildman–Crippen MR) is 126 cm³/mol. The van der Waals surface area contributed by atoms with E-state index in [0.29, 0.717) is 23.1 Å². The monoisotopic (exact) mass is 433 g/mol. The second-order valence-corrected chi connectivity index (χ2v) is 8.63. The Kier molecular flexibility index (Phi) is 3.71. The first-order valence-electron chi connectivity index (χ1n) is 10.3. The summed E-state index contributed by atoms with van der Waals surface area (Å²) in [7, 11) is 0. The van der Waals surface area contributed by atoms with Crippen LogP contribution >= 0.6 is 11.8 Å². The molecule has 0 atom stereocenters. The van der Waals surface area contributed by atoms with E-state index in [4.69, 9.17) is 13.8 Å². The second kappa shape index (κ2) is 6.73. The van der Waals surface area contributed by atoms with Crippen LogP contribution in [0.15, 0.2) is 110 Å². The summed E-state index contributed by atoms with van der Waals surface area (Å²) in [5.74, 6) is 0.587. The Labute approximate surface area is 187 Å². The molecule has 2 aromatic heterocycles. The molecule has 0 bridgehead atoms. The smallest absolute Gasteiger partial charge is 0.307 e. The normalized spacial score (nSPS) is 12.8. The number of nitrogens with zero attached hydrogens (tertiary/aromatic N) is 3. The molecule has 0 spiro atoms. The topological polar surface area (TPSA) is 55.3 Å². The zero-order chi connectivity index (χ0) is 21.1. The highest BCUT2D eigenvalue weighted by Gasteiger charge is 2.28. The van der Waals surface area contributed by atoms with E-state index in [1.165, 1.54) is 0 Å². The van der Waals surface area contributed by atoms with Crippen LogP contribution in [-0.4, -0.2) is 9.97 Å². The van der Waals surface area contributed by atoms with E-state index in [9.17, 15) is 0 Å². The van der Waals surface area contributed by atoms with Crippen LogP contribution in [-0.2, 0) is 0 Å². The maximum Gasteiger partial charge on any atom is 0.307 e. The quantitative estimate of drug-likeness (QED) is 0.280. The lowest BCUT2D eigenvalue weighted by molar-refractivity contribution is 0.606. The molecule has 6 heteroatoms. The van der Waals surface area contributed by atoms with E-state index in [0.717, 1.165) is 37.8 Å². The molecule has 0 saturated heterocycles. The van der Waals surface area contributed by atoms with Crippen LogP contribution in [0, 0.1) is 0 Å². The van der Waals surface area contributed by atoms with Crippen LogP contribution in [0.3, 0.4) is 0 Å². The standard InChI is InChI=1S/C26H15N3O2S/c1-2-8-16(9-3-1)25-27-17-14-22-18(15-21(17)30-25)28-26(31-22)29-19-10-4-6-12-23(19)32-24-13-7-5-11-20(24)29/h1-15H. The number of oxazole rings is 2. The summed E-state index contributed by atoms with van der Waals surface area (Å²) in [4.78, 5) is 13.9. The summed E-state index contributed by atoms with van der Waals surface area (Å²) in [5.41, 5.74) is 5.88. The van der Waals surface area contributed by atoms with E-state index in [1.807, 2.05) is 66.7 Å². The van der Waals surface area contributed by atoms with Gasteiger partial charge in [-0.3, -0.25) is 4.90 Å². The fourth-order valence-electron chi connectivity index (χ4n) is 4.05. The van der Waals surface area contributed by atoms with Gasteiger partial charge in [-0.1, -0.05) is 54.2 Å². The summed E-state index contributed by atoms with van der Waals surface area (Å²) < 4.78 is 12.3. The third kappa shape index (κ3) is 2.66. The van der Waals surface area contributed by atoms with Crippen molar-refractivity contribution in [2.45, 2.75) is 9.79 Å². The van der Waals surface area contributed by atoms with Gasteiger partial charge in [0.15, 0.2) is 11.2 Å². The Morgan fingerprint density at radius 1 is 0.625 bits per heavy atom. The van der Waals surface area contributed by atoms with Gasteiger partial charge in [0.2, 0.25) is 5.89 Å². The first kappa shape index (κ1) is 17.6. The van der Waals surface area contributed by atoms with Crippen molar-refractivity contribution in [3.63, 3.8) is 0 Å². The molecule has 7 rings (SSSR count). The summed E-state index contributed by atoms with van der Waals surface area (Å²) in [6, 6.07) is 30.8. The van der Waals surface area contributed by atoms with Crippen LogP contribution in [0.4, 0.5) is 17.4 Å². The summed E-state index contributed by atoms with van der Waals surface area (Å²) in [6.07, 6.45) is 0. The fourth-order valence-corrected chi connectivity index (χ4v) is 5.11. The molecule has 0 saturated carbocycles. The average Bonchev–Trinajstić information content (AvgIpc) is 3.44. The third-order valence-electron chi connectivity index (χ3n) is 5.53. The highest BCUT2D eigenvalue weighted by atomic mass is 32.2. The number of hydrogen-bond donors (Lipinski definition) is 0. The van der Waals surface area contributed by atoms with Crippen molar-refractivity contribution < 1.29 is 8.83 Å². The second-order valence-electron chi connectivity index (χ2n) is 7.54. The van der Waals surface area contributed by atoms with Gasteiger partial charge in [-0.2, -0.15) is 4.98 Å². The molecule has 6 aromatic rings. The van der Waals surface area contributed by atoms with Gasteiger partial charge < -0.3 is 8.83 Å². The molecule has 4 aromatic carbocycles. The maximum atomic E-state index is 6.27. The van der Waals surface area contributed by atoms with E-state index in [-0.39, 0.29) is 0 Å². The zero-order valence-corrected chi connectivity index (χ0v) is 17.5.